The molecule has 2 heteroatoms. The molecule has 0 aliphatic rings. The zero-order valence-electron chi connectivity index (χ0n) is 11.1. The minimum absolute atomic E-state index is 0.225. The molecule has 98 valence electrons. The number of rotatable bonds is 11. The van der Waals surface area contributed by atoms with Gasteiger partial charge in [-0.2, -0.15) is 0 Å². The largest absolute Gasteiger partial charge is 0.463 e. The monoisotopic (exact) mass is 238 g/mol. The molecule has 0 saturated carbocycles. The SMILES string of the molecule is C=CCCCCCCCCCOC(=O)C=CC. The highest BCUT2D eigenvalue weighted by molar-refractivity contribution is 5.81. The van der Waals surface area contributed by atoms with E-state index in [1.165, 1.54) is 38.2 Å². The summed E-state index contributed by atoms with van der Waals surface area (Å²) in [6.07, 6.45) is 14.8. The first kappa shape index (κ1) is 16.0. The lowest BCUT2D eigenvalue weighted by molar-refractivity contribution is -0.137. The summed E-state index contributed by atoms with van der Waals surface area (Å²) in [7, 11) is 0. The number of allylic oxidation sites excluding steroid dienone is 2. The van der Waals surface area contributed by atoms with Crippen LogP contribution in [0.15, 0.2) is 24.8 Å². The van der Waals surface area contributed by atoms with Crippen molar-refractivity contribution in [2.45, 2.75) is 58.3 Å². The molecule has 0 fully saturated rings. The maximum atomic E-state index is 11.0. The third-order valence-corrected chi connectivity index (χ3v) is 2.60. The number of carbonyl (C=O) groups excluding carboxylic acids is 1. The lowest BCUT2D eigenvalue weighted by Gasteiger charge is -2.02. The quantitative estimate of drug-likeness (QED) is 0.231. The zero-order valence-corrected chi connectivity index (χ0v) is 11.1. The summed E-state index contributed by atoms with van der Waals surface area (Å²) >= 11 is 0. The standard InChI is InChI=1S/C15H26O2/c1-3-5-6-7-8-9-10-11-12-14-17-15(16)13-4-2/h3-4,13H,1,5-12,14H2,2H3. The molecule has 0 saturated heterocycles. The number of carbonyl (C=O) groups is 1. The summed E-state index contributed by atoms with van der Waals surface area (Å²) in [5.41, 5.74) is 0. The Labute approximate surface area is 106 Å². The van der Waals surface area contributed by atoms with E-state index >= 15 is 0 Å². The Kier molecular flexibility index (Phi) is 12.2. The second-order valence-electron chi connectivity index (χ2n) is 4.22. The van der Waals surface area contributed by atoms with Crippen molar-refractivity contribution in [1.82, 2.24) is 0 Å². The maximum Gasteiger partial charge on any atom is 0.330 e. The van der Waals surface area contributed by atoms with Crippen molar-refractivity contribution >= 4 is 5.97 Å². The summed E-state index contributed by atoms with van der Waals surface area (Å²) in [5.74, 6) is -0.225. The van der Waals surface area contributed by atoms with Crippen molar-refractivity contribution in [3.8, 4) is 0 Å². The van der Waals surface area contributed by atoms with Crippen LogP contribution in [0.4, 0.5) is 0 Å². The van der Waals surface area contributed by atoms with E-state index in [4.69, 9.17) is 4.74 Å². The van der Waals surface area contributed by atoms with E-state index in [-0.39, 0.29) is 5.97 Å². The summed E-state index contributed by atoms with van der Waals surface area (Å²) in [5, 5.41) is 0. The van der Waals surface area contributed by atoms with Gasteiger partial charge in [0.1, 0.15) is 0 Å². The molecule has 0 N–H and O–H groups in total. The normalized spacial score (nSPS) is 10.6. The van der Waals surface area contributed by atoms with Crippen LogP contribution in [0.25, 0.3) is 0 Å². The molecule has 0 amide bonds. The van der Waals surface area contributed by atoms with Gasteiger partial charge in [0.25, 0.3) is 0 Å². The maximum absolute atomic E-state index is 11.0. The average molecular weight is 238 g/mol. The molecule has 0 radical (unpaired) electrons. The molecule has 0 heterocycles. The van der Waals surface area contributed by atoms with Crippen LogP contribution in [0.3, 0.4) is 0 Å². The fourth-order valence-electron chi connectivity index (χ4n) is 1.63. The van der Waals surface area contributed by atoms with Crippen molar-refractivity contribution < 1.29 is 9.53 Å². The molecule has 0 spiro atoms. The number of hydrogen-bond acceptors (Lipinski definition) is 2. The van der Waals surface area contributed by atoms with Crippen LogP contribution in [0, 0.1) is 0 Å². The molecule has 0 aromatic rings. The third kappa shape index (κ3) is 12.9. The van der Waals surface area contributed by atoms with Crippen molar-refractivity contribution in [3.63, 3.8) is 0 Å². The molecule has 0 aromatic carbocycles. The van der Waals surface area contributed by atoms with Gasteiger partial charge < -0.3 is 4.74 Å². The van der Waals surface area contributed by atoms with Crippen molar-refractivity contribution in [1.29, 1.82) is 0 Å². The van der Waals surface area contributed by atoms with Gasteiger partial charge in [-0.3, -0.25) is 0 Å². The topological polar surface area (TPSA) is 26.3 Å². The number of hydrogen-bond donors (Lipinski definition) is 0. The second-order valence-corrected chi connectivity index (χ2v) is 4.22. The van der Waals surface area contributed by atoms with Gasteiger partial charge in [0, 0.05) is 6.08 Å². The Balaban J connectivity index is 3.08. The lowest BCUT2D eigenvalue weighted by atomic mass is 10.1. The molecule has 0 aliphatic heterocycles. The van der Waals surface area contributed by atoms with Crippen LogP contribution in [0.2, 0.25) is 0 Å². The van der Waals surface area contributed by atoms with Crippen molar-refractivity contribution in [2.24, 2.45) is 0 Å². The highest BCUT2D eigenvalue weighted by atomic mass is 16.5. The van der Waals surface area contributed by atoms with E-state index in [1.54, 1.807) is 6.08 Å². The fraction of sp³-hybridized carbons (Fsp3) is 0.667. The smallest absolute Gasteiger partial charge is 0.330 e. The molecular formula is C15H26O2. The number of esters is 1. The molecule has 0 bridgehead atoms. The van der Waals surface area contributed by atoms with Gasteiger partial charge >= 0.3 is 5.97 Å². The van der Waals surface area contributed by atoms with Crippen LogP contribution >= 0.6 is 0 Å². The first-order chi connectivity index (χ1) is 8.31. The summed E-state index contributed by atoms with van der Waals surface area (Å²) in [4.78, 5) is 11.0. The minimum atomic E-state index is -0.225. The van der Waals surface area contributed by atoms with E-state index in [0.29, 0.717) is 6.61 Å². The van der Waals surface area contributed by atoms with Gasteiger partial charge in [-0.15, -0.1) is 6.58 Å². The van der Waals surface area contributed by atoms with E-state index < -0.39 is 0 Å². The second kappa shape index (κ2) is 13.0. The van der Waals surface area contributed by atoms with E-state index in [1.807, 2.05) is 13.0 Å². The highest BCUT2D eigenvalue weighted by Gasteiger charge is 1.96. The van der Waals surface area contributed by atoms with Crippen LogP contribution in [0.1, 0.15) is 58.3 Å². The Morgan fingerprint density at radius 3 is 2.24 bits per heavy atom. The summed E-state index contributed by atoms with van der Waals surface area (Å²) < 4.78 is 5.01. The van der Waals surface area contributed by atoms with Gasteiger partial charge in [0.15, 0.2) is 0 Å². The van der Waals surface area contributed by atoms with E-state index in [2.05, 4.69) is 6.58 Å². The third-order valence-electron chi connectivity index (χ3n) is 2.60. The first-order valence-electron chi connectivity index (χ1n) is 6.71. The highest BCUT2D eigenvalue weighted by Crippen LogP contribution is 2.08. The number of ether oxygens (including phenoxy) is 1. The molecule has 0 aromatic heterocycles. The van der Waals surface area contributed by atoms with Gasteiger partial charge in [0.2, 0.25) is 0 Å². The van der Waals surface area contributed by atoms with Crippen LogP contribution in [-0.4, -0.2) is 12.6 Å². The van der Waals surface area contributed by atoms with E-state index in [0.717, 1.165) is 19.3 Å². The molecule has 0 unspecified atom stereocenters. The molecule has 0 rings (SSSR count). The van der Waals surface area contributed by atoms with Gasteiger partial charge in [-0.25, -0.2) is 4.79 Å². The van der Waals surface area contributed by atoms with E-state index in [9.17, 15) is 4.79 Å². The van der Waals surface area contributed by atoms with Gasteiger partial charge in [-0.1, -0.05) is 44.3 Å². The average Bonchev–Trinajstić information content (AvgIpc) is 2.32. The Morgan fingerprint density at radius 1 is 1.06 bits per heavy atom. The van der Waals surface area contributed by atoms with Crippen LogP contribution < -0.4 is 0 Å². The van der Waals surface area contributed by atoms with Crippen LogP contribution in [0.5, 0.6) is 0 Å². The number of unbranched alkanes of at least 4 members (excludes halogenated alkanes) is 7. The summed E-state index contributed by atoms with van der Waals surface area (Å²) in [6.45, 7) is 6.08. The molecule has 17 heavy (non-hydrogen) atoms. The lowest BCUT2D eigenvalue weighted by Crippen LogP contribution is -2.01. The Morgan fingerprint density at radius 2 is 1.65 bits per heavy atom. The first-order valence-corrected chi connectivity index (χ1v) is 6.71. The zero-order chi connectivity index (χ0) is 12.8. The Hall–Kier alpha value is -1.05. The predicted molar refractivity (Wildman–Crippen MR) is 72.9 cm³/mol. The molecular weight excluding hydrogens is 212 g/mol. The molecule has 0 atom stereocenters. The predicted octanol–water partition coefficient (Wildman–Crippen LogP) is 4.41. The summed E-state index contributed by atoms with van der Waals surface area (Å²) in [6, 6.07) is 0. The van der Waals surface area contributed by atoms with Crippen LogP contribution in [-0.2, 0) is 9.53 Å². The van der Waals surface area contributed by atoms with Crippen molar-refractivity contribution in [3.05, 3.63) is 24.8 Å². The Bertz CT molecular complexity index is 219. The van der Waals surface area contributed by atoms with Gasteiger partial charge in [0.05, 0.1) is 6.61 Å². The molecule has 2 nitrogen and oxygen atoms in total. The van der Waals surface area contributed by atoms with Gasteiger partial charge in [-0.05, 0) is 26.2 Å². The molecule has 0 aliphatic carbocycles. The minimum Gasteiger partial charge on any atom is -0.463 e. The fourth-order valence-corrected chi connectivity index (χ4v) is 1.63. The van der Waals surface area contributed by atoms with Crippen molar-refractivity contribution in [2.75, 3.05) is 6.61 Å².